The third-order valence-electron chi connectivity index (χ3n) is 5.43. The second-order valence-corrected chi connectivity index (χ2v) is 8.50. The molecule has 1 aromatic carbocycles. The molecule has 0 saturated heterocycles. The molecule has 0 aliphatic carbocycles. The minimum Gasteiger partial charge on any atom is -0.363 e. The molecule has 1 unspecified atom stereocenters. The molecule has 0 fully saturated rings. The van der Waals surface area contributed by atoms with Gasteiger partial charge < -0.3 is 5.32 Å². The standard InChI is InChI=1S/C22H21F3N4OS/c1-12(14-4-3-5-15(18(14)23)19(24)25)28-20-17-10-16(13-6-8-31-9-7-13)22(30)29(2)21(17)27-11-26-20/h3-6,10-12,19H,7-9H2,1-2H3,(H,26,27,28). The van der Waals surface area contributed by atoms with Crippen LogP contribution >= 0.6 is 11.8 Å². The number of allylic oxidation sites excluding steroid dienone is 1. The van der Waals surface area contributed by atoms with Gasteiger partial charge in [0.2, 0.25) is 0 Å². The molecule has 1 atom stereocenters. The average molecular weight is 446 g/mol. The Morgan fingerprint density at radius 3 is 2.71 bits per heavy atom. The first-order chi connectivity index (χ1) is 14.9. The molecule has 5 nitrogen and oxygen atoms in total. The summed E-state index contributed by atoms with van der Waals surface area (Å²) in [4.78, 5) is 21.4. The van der Waals surface area contributed by atoms with Crippen molar-refractivity contribution in [2.75, 3.05) is 16.8 Å². The van der Waals surface area contributed by atoms with Gasteiger partial charge in [0, 0.05) is 23.9 Å². The highest BCUT2D eigenvalue weighted by Gasteiger charge is 2.21. The monoisotopic (exact) mass is 446 g/mol. The van der Waals surface area contributed by atoms with Crippen LogP contribution in [0.25, 0.3) is 16.6 Å². The molecule has 0 bridgehead atoms. The zero-order valence-corrected chi connectivity index (χ0v) is 17.8. The molecule has 31 heavy (non-hydrogen) atoms. The van der Waals surface area contributed by atoms with Crippen LogP contribution in [-0.4, -0.2) is 26.0 Å². The number of aromatic nitrogens is 3. The fraction of sp³-hybridized carbons (Fsp3) is 0.318. The lowest BCUT2D eigenvalue weighted by Crippen LogP contribution is -2.23. The van der Waals surface area contributed by atoms with Crippen molar-refractivity contribution < 1.29 is 13.2 Å². The number of benzene rings is 1. The smallest absolute Gasteiger partial charge is 0.266 e. The number of halogens is 3. The molecule has 3 aromatic rings. The van der Waals surface area contributed by atoms with Crippen molar-refractivity contribution >= 4 is 34.2 Å². The Hall–Kier alpha value is -2.81. The third kappa shape index (κ3) is 4.06. The van der Waals surface area contributed by atoms with Gasteiger partial charge in [-0.05, 0) is 30.7 Å². The van der Waals surface area contributed by atoms with Crippen molar-refractivity contribution in [2.45, 2.75) is 25.8 Å². The lowest BCUT2D eigenvalue weighted by Gasteiger charge is -2.19. The number of pyridine rings is 1. The molecule has 0 radical (unpaired) electrons. The summed E-state index contributed by atoms with van der Waals surface area (Å²) in [5.74, 6) is 1.26. The lowest BCUT2D eigenvalue weighted by atomic mass is 10.0. The Balaban J connectivity index is 1.78. The number of anilines is 1. The summed E-state index contributed by atoms with van der Waals surface area (Å²) in [5.41, 5.74) is 1.35. The summed E-state index contributed by atoms with van der Waals surface area (Å²) in [6.45, 7) is 1.67. The van der Waals surface area contributed by atoms with E-state index < -0.39 is 23.8 Å². The topological polar surface area (TPSA) is 59.8 Å². The molecule has 0 spiro atoms. The van der Waals surface area contributed by atoms with Gasteiger partial charge >= 0.3 is 0 Å². The highest BCUT2D eigenvalue weighted by atomic mass is 32.2. The molecule has 3 heterocycles. The van der Waals surface area contributed by atoms with E-state index in [0.29, 0.717) is 22.4 Å². The lowest BCUT2D eigenvalue weighted by molar-refractivity contribution is 0.146. The number of aryl methyl sites for hydroxylation is 1. The number of rotatable bonds is 5. The van der Waals surface area contributed by atoms with Crippen molar-refractivity contribution in [3.05, 3.63) is 69.5 Å². The van der Waals surface area contributed by atoms with Crippen molar-refractivity contribution in [3.63, 3.8) is 0 Å². The summed E-state index contributed by atoms with van der Waals surface area (Å²) in [6, 6.07) is 5.08. The zero-order valence-electron chi connectivity index (χ0n) is 17.0. The van der Waals surface area contributed by atoms with Gasteiger partial charge in [0.15, 0.2) is 0 Å². The quantitative estimate of drug-likeness (QED) is 0.591. The van der Waals surface area contributed by atoms with E-state index in [9.17, 15) is 18.0 Å². The van der Waals surface area contributed by atoms with E-state index in [2.05, 4.69) is 21.4 Å². The summed E-state index contributed by atoms with van der Waals surface area (Å²) in [6.07, 6.45) is 1.27. The van der Waals surface area contributed by atoms with Gasteiger partial charge in [0.25, 0.3) is 12.0 Å². The number of nitrogens with one attached hydrogen (secondary N) is 1. The van der Waals surface area contributed by atoms with Gasteiger partial charge in [0.05, 0.1) is 17.0 Å². The van der Waals surface area contributed by atoms with Crippen molar-refractivity contribution in [3.8, 4) is 0 Å². The Morgan fingerprint density at radius 2 is 2.00 bits per heavy atom. The molecule has 1 aliphatic heterocycles. The van der Waals surface area contributed by atoms with Crippen molar-refractivity contribution in [1.82, 2.24) is 14.5 Å². The fourth-order valence-corrected chi connectivity index (χ4v) is 4.59. The molecule has 4 rings (SSSR count). The van der Waals surface area contributed by atoms with Crippen LogP contribution in [-0.2, 0) is 7.05 Å². The van der Waals surface area contributed by atoms with Crippen molar-refractivity contribution in [2.24, 2.45) is 7.05 Å². The second-order valence-electron chi connectivity index (χ2n) is 7.35. The van der Waals surface area contributed by atoms with E-state index >= 15 is 0 Å². The summed E-state index contributed by atoms with van der Waals surface area (Å²) >= 11 is 1.81. The minimum absolute atomic E-state index is 0.113. The zero-order chi connectivity index (χ0) is 22.1. The molecule has 0 saturated carbocycles. The minimum atomic E-state index is -2.90. The molecule has 9 heteroatoms. The van der Waals surface area contributed by atoms with Gasteiger partial charge in [-0.3, -0.25) is 9.36 Å². The van der Waals surface area contributed by atoms with Gasteiger partial charge in [-0.15, -0.1) is 0 Å². The maximum Gasteiger partial charge on any atom is 0.266 e. The first-order valence-electron chi connectivity index (χ1n) is 9.83. The molecule has 0 amide bonds. The number of fused-ring (bicyclic) bond motifs is 1. The maximum atomic E-state index is 14.6. The number of alkyl halides is 2. The third-order valence-corrected chi connectivity index (χ3v) is 6.32. The largest absolute Gasteiger partial charge is 0.363 e. The SMILES string of the molecule is CC(Nc1ncnc2c1cc(C1=CCSCC1)c(=O)n2C)c1cccc(C(F)F)c1F. The summed E-state index contributed by atoms with van der Waals surface area (Å²) < 4.78 is 42.3. The normalized spacial score (nSPS) is 15.2. The first kappa shape index (κ1) is 21.4. The Labute approximate surface area is 181 Å². The van der Waals surface area contributed by atoms with Gasteiger partial charge in [0.1, 0.15) is 23.6 Å². The van der Waals surface area contributed by atoms with E-state index in [1.807, 2.05) is 11.8 Å². The molecular formula is C22H21F3N4OS. The van der Waals surface area contributed by atoms with Crippen LogP contribution < -0.4 is 10.9 Å². The number of hydrogen-bond donors (Lipinski definition) is 1. The van der Waals surface area contributed by atoms with Crippen LogP contribution in [0.5, 0.6) is 0 Å². The van der Waals surface area contributed by atoms with Gasteiger partial charge in [-0.1, -0.05) is 24.3 Å². The summed E-state index contributed by atoms with van der Waals surface area (Å²) in [7, 11) is 1.65. The highest BCUT2D eigenvalue weighted by molar-refractivity contribution is 7.99. The second kappa shape index (κ2) is 8.74. The predicted molar refractivity (Wildman–Crippen MR) is 118 cm³/mol. The number of hydrogen-bond acceptors (Lipinski definition) is 5. The highest BCUT2D eigenvalue weighted by Crippen LogP contribution is 2.31. The average Bonchev–Trinajstić information content (AvgIpc) is 2.77. The Bertz CT molecular complexity index is 1230. The maximum absolute atomic E-state index is 14.6. The van der Waals surface area contributed by atoms with E-state index in [1.165, 1.54) is 23.0 Å². The molecule has 2 aromatic heterocycles. The summed E-state index contributed by atoms with van der Waals surface area (Å²) in [5, 5.41) is 3.72. The van der Waals surface area contributed by atoms with E-state index in [1.54, 1.807) is 20.0 Å². The predicted octanol–water partition coefficient (Wildman–Crippen LogP) is 5.10. The first-order valence-corrected chi connectivity index (χ1v) is 11.0. The molecule has 1 aliphatic rings. The van der Waals surface area contributed by atoms with Crippen LogP contribution in [0.3, 0.4) is 0 Å². The van der Waals surface area contributed by atoms with E-state index in [0.717, 1.165) is 29.6 Å². The molecule has 162 valence electrons. The van der Waals surface area contributed by atoms with Crippen molar-refractivity contribution in [1.29, 1.82) is 0 Å². The fourth-order valence-electron chi connectivity index (χ4n) is 3.74. The van der Waals surface area contributed by atoms with Crippen LogP contribution in [0.2, 0.25) is 0 Å². The molecular weight excluding hydrogens is 425 g/mol. The van der Waals surface area contributed by atoms with Crippen LogP contribution in [0, 0.1) is 5.82 Å². The van der Waals surface area contributed by atoms with Crippen LogP contribution in [0.1, 0.15) is 42.5 Å². The van der Waals surface area contributed by atoms with Gasteiger partial charge in [-0.2, -0.15) is 11.8 Å². The van der Waals surface area contributed by atoms with E-state index in [4.69, 9.17) is 0 Å². The Kier molecular flexibility index (Phi) is 6.04. The Morgan fingerprint density at radius 1 is 1.23 bits per heavy atom. The van der Waals surface area contributed by atoms with Gasteiger partial charge in [-0.25, -0.2) is 23.1 Å². The van der Waals surface area contributed by atoms with E-state index in [-0.39, 0.29) is 11.1 Å². The number of nitrogens with zero attached hydrogens (tertiary/aromatic N) is 3. The molecule has 1 N–H and O–H groups in total. The van der Waals surface area contributed by atoms with Crippen LogP contribution in [0.15, 0.2) is 41.5 Å². The number of thioether (sulfide) groups is 1. The van der Waals surface area contributed by atoms with Crippen LogP contribution in [0.4, 0.5) is 19.0 Å².